The van der Waals surface area contributed by atoms with Crippen LogP contribution >= 0.6 is 11.6 Å². The number of halogens is 1. The summed E-state index contributed by atoms with van der Waals surface area (Å²) >= 11 is 7.11. The van der Waals surface area contributed by atoms with Gasteiger partial charge in [0.05, 0.1) is 23.3 Å². The van der Waals surface area contributed by atoms with E-state index in [1.807, 2.05) is 55.5 Å². The number of hydrogen-bond acceptors (Lipinski definition) is 7. The number of piperidine rings is 1. The lowest BCUT2D eigenvalue weighted by Crippen LogP contribution is -2.29. The van der Waals surface area contributed by atoms with E-state index in [4.69, 9.17) is 21.3 Å². The molecule has 4 heterocycles. The van der Waals surface area contributed by atoms with Crippen molar-refractivity contribution in [2.75, 3.05) is 25.5 Å². The van der Waals surface area contributed by atoms with E-state index < -0.39 is 0 Å². The highest BCUT2D eigenvalue weighted by atomic mass is 35.5. The van der Waals surface area contributed by atoms with Crippen molar-refractivity contribution in [2.24, 2.45) is 0 Å². The molecule has 2 aromatic carbocycles. The summed E-state index contributed by atoms with van der Waals surface area (Å²) in [5, 5.41) is 4.15. The Labute approximate surface area is 245 Å². The molecule has 0 atom stereocenters. The largest absolute Gasteiger partial charge is 0.481 e. The van der Waals surface area contributed by atoms with Gasteiger partial charge in [0.15, 0.2) is 5.82 Å². The molecule has 0 unspecified atom stereocenters. The number of hydrogen-bond donors (Lipinski definition) is 1. The molecule has 3 aromatic heterocycles. The first kappa shape index (κ1) is 27.1. The Balaban J connectivity index is 1.33. The van der Waals surface area contributed by atoms with E-state index in [0.29, 0.717) is 22.5 Å². The average molecular weight is 565 g/mol. The number of nitrogens with zero attached hydrogens (tertiary/aromatic N) is 5. The molecule has 1 N–H and O–H groups in total. The average Bonchev–Trinajstić information content (AvgIpc) is 2.99. The van der Waals surface area contributed by atoms with E-state index >= 15 is 0 Å². The van der Waals surface area contributed by atoms with E-state index in [1.165, 1.54) is 19.3 Å². The number of aryl methyl sites for hydroxylation is 1. The number of benzene rings is 2. The van der Waals surface area contributed by atoms with Crippen LogP contribution in [0.15, 0.2) is 66.9 Å². The number of nitrogens with one attached hydrogen (secondary N) is 1. The van der Waals surface area contributed by atoms with Crippen LogP contribution in [0.3, 0.4) is 0 Å². The van der Waals surface area contributed by atoms with Crippen molar-refractivity contribution in [2.45, 2.75) is 39.7 Å². The van der Waals surface area contributed by atoms with E-state index in [9.17, 15) is 0 Å². The molecular weight excluding hydrogens is 532 g/mol. The van der Waals surface area contributed by atoms with Gasteiger partial charge >= 0.3 is 0 Å². The van der Waals surface area contributed by atoms with Crippen LogP contribution < -0.4 is 10.1 Å². The monoisotopic (exact) mass is 564 g/mol. The Kier molecular flexibility index (Phi) is 7.81. The number of anilines is 2. The first-order chi connectivity index (χ1) is 20.0. The second-order valence-electron chi connectivity index (χ2n) is 10.5. The van der Waals surface area contributed by atoms with Gasteiger partial charge in [-0.3, -0.25) is 9.88 Å². The van der Waals surface area contributed by atoms with Crippen LogP contribution in [-0.4, -0.2) is 45.0 Å². The van der Waals surface area contributed by atoms with Crippen molar-refractivity contribution in [3.8, 4) is 28.3 Å². The van der Waals surface area contributed by atoms with Gasteiger partial charge in [0.25, 0.3) is 0 Å². The van der Waals surface area contributed by atoms with Gasteiger partial charge < -0.3 is 10.1 Å². The lowest BCUT2D eigenvalue weighted by atomic mass is 9.96. The van der Waals surface area contributed by atoms with Crippen LogP contribution in [0, 0.1) is 13.8 Å². The quantitative estimate of drug-likeness (QED) is 0.216. The van der Waals surface area contributed by atoms with Gasteiger partial charge in [0.1, 0.15) is 11.3 Å². The summed E-state index contributed by atoms with van der Waals surface area (Å²) in [5.74, 6) is 2.01. The minimum atomic E-state index is 0.649. The Hall–Kier alpha value is -4.07. The zero-order chi connectivity index (χ0) is 28.3. The molecule has 41 heavy (non-hydrogen) atoms. The van der Waals surface area contributed by atoms with Crippen molar-refractivity contribution in [3.05, 3.63) is 88.8 Å². The molecule has 5 aromatic rings. The second kappa shape index (κ2) is 11.8. The molecule has 208 valence electrons. The second-order valence-corrected chi connectivity index (χ2v) is 10.8. The normalized spacial score (nSPS) is 13.9. The molecule has 1 fully saturated rings. The Morgan fingerprint density at radius 2 is 1.63 bits per heavy atom. The first-order valence-corrected chi connectivity index (χ1v) is 14.4. The third-order valence-electron chi connectivity index (χ3n) is 7.69. The molecular formula is C33H33ClN6O. The third-order valence-corrected chi connectivity index (χ3v) is 8.10. The van der Waals surface area contributed by atoms with E-state index in [0.717, 1.165) is 69.9 Å². The van der Waals surface area contributed by atoms with Gasteiger partial charge in [-0.05, 0) is 75.2 Å². The minimum Gasteiger partial charge on any atom is -0.481 e. The molecule has 1 aliphatic rings. The van der Waals surface area contributed by atoms with Gasteiger partial charge in [-0.2, -0.15) is 0 Å². The smallest absolute Gasteiger partial charge is 0.218 e. The molecule has 7 nitrogen and oxygen atoms in total. The van der Waals surface area contributed by atoms with Gasteiger partial charge in [-0.15, -0.1) is 0 Å². The molecule has 0 bridgehead atoms. The molecule has 0 aliphatic carbocycles. The van der Waals surface area contributed by atoms with Crippen LogP contribution in [0.25, 0.3) is 33.4 Å². The number of rotatable bonds is 7. The van der Waals surface area contributed by atoms with Crippen LogP contribution in [0.4, 0.5) is 11.5 Å². The van der Waals surface area contributed by atoms with Crippen LogP contribution in [0.1, 0.15) is 36.2 Å². The van der Waals surface area contributed by atoms with Gasteiger partial charge in [-0.25, -0.2) is 15.0 Å². The summed E-state index contributed by atoms with van der Waals surface area (Å²) in [4.78, 5) is 21.0. The summed E-state index contributed by atoms with van der Waals surface area (Å²) in [6.07, 6.45) is 5.56. The van der Waals surface area contributed by atoms with E-state index in [1.54, 1.807) is 13.3 Å². The number of fused-ring (bicyclic) bond motifs is 1. The fraction of sp³-hybridized carbons (Fsp3) is 0.273. The van der Waals surface area contributed by atoms with Crippen molar-refractivity contribution < 1.29 is 4.74 Å². The van der Waals surface area contributed by atoms with Crippen molar-refractivity contribution in [1.29, 1.82) is 0 Å². The highest BCUT2D eigenvalue weighted by Gasteiger charge is 2.18. The highest BCUT2D eigenvalue weighted by molar-refractivity contribution is 6.36. The zero-order valence-electron chi connectivity index (χ0n) is 23.6. The minimum absolute atomic E-state index is 0.649. The summed E-state index contributed by atoms with van der Waals surface area (Å²) < 4.78 is 5.73. The molecule has 0 radical (unpaired) electrons. The van der Waals surface area contributed by atoms with Crippen LogP contribution in [-0.2, 0) is 6.54 Å². The number of ether oxygens (including phenoxy) is 1. The maximum absolute atomic E-state index is 7.11. The number of aromatic nitrogens is 4. The Bertz CT molecular complexity index is 1720. The fourth-order valence-corrected chi connectivity index (χ4v) is 5.90. The van der Waals surface area contributed by atoms with Crippen molar-refractivity contribution in [3.63, 3.8) is 0 Å². The highest BCUT2D eigenvalue weighted by Crippen LogP contribution is 2.40. The number of pyridine rings is 2. The topological polar surface area (TPSA) is 76.1 Å². The van der Waals surface area contributed by atoms with Crippen molar-refractivity contribution >= 4 is 34.1 Å². The molecule has 1 aliphatic heterocycles. The molecule has 8 heteroatoms. The van der Waals surface area contributed by atoms with E-state index in [2.05, 4.69) is 44.2 Å². The third kappa shape index (κ3) is 5.60. The SMILES string of the molecule is COc1nc(-c2cccc(-c3cccc(Nc4nc(C)nc5cccnc45)c3C)c2Cl)ccc1CN1CCCCC1. The zero-order valence-corrected chi connectivity index (χ0v) is 24.4. The summed E-state index contributed by atoms with van der Waals surface area (Å²) in [5.41, 5.74) is 8.23. The predicted molar refractivity (Wildman–Crippen MR) is 166 cm³/mol. The maximum atomic E-state index is 7.11. The first-order valence-electron chi connectivity index (χ1n) is 14.0. The summed E-state index contributed by atoms with van der Waals surface area (Å²) in [6.45, 7) is 7.06. The fourth-order valence-electron chi connectivity index (χ4n) is 5.57. The summed E-state index contributed by atoms with van der Waals surface area (Å²) in [6, 6.07) is 20.2. The molecule has 0 saturated carbocycles. The molecule has 6 rings (SSSR count). The van der Waals surface area contributed by atoms with Crippen LogP contribution in [0.2, 0.25) is 5.02 Å². The van der Waals surface area contributed by atoms with Gasteiger partial charge in [0, 0.05) is 35.1 Å². The molecule has 1 saturated heterocycles. The number of likely N-dealkylation sites (tertiary alicyclic amines) is 1. The molecule has 0 spiro atoms. The Morgan fingerprint density at radius 1 is 0.854 bits per heavy atom. The van der Waals surface area contributed by atoms with Gasteiger partial charge in [-0.1, -0.05) is 54.4 Å². The predicted octanol–water partition coefficient (Wildman–Crippen LogP) is 7.76. The standard InChI is InChI=1S/C33H33ClN6O/c1-21-24(10-8-13-27(21)38-32-31-29(14-9-17-35-31)36-22(2)37-32)25-11-7-12-26(30(25)34)28-16-15-23(33(39-28)41-3)20-40-18-5-4-6-19-40/h7-17H,4-6,18-20H2,1-3H3,(H,36,37,38). The Morgan fingerprint density at radius 3 is 2.46 bits per heavy atom. The molecule has 0 amide bonds. The van der Waals surface area contributed by atoms with Crippen LogP contribution in [0.5, 0.6) is 5.88 Å². The van der Waals surface area contributed by atoms with Gasteiger partial charge in [0.2, 0.25) is 5.88 Å². The summed E-state index contributed by atoms with van der Waals surface area (Å²) in [7, 11) is 1.68. The van der Waals surface area contributed by atoms with E-state index in [-0.39, 0.29) is 0 Å². The number of methoxy groups -OCH3 is 1. The lowest BCUT2D eigenvalue weighted by Gasteiger charge is -2.26. The van der Waals surface area contributed by atoms with Crippen molar-refractivity contribution in [1.82, 2.24) is 24.8 Å². The lowest BCUT2D eigenvalue weighted by molar-refractivity contribution is 0.217. The maximum Gasteiger partial charge on any atom is 0.218 e.